The van der Waals surface area contributed by atoms with Crippen LogP contribution in [0, 0.1) is 0 Å². The minimum Gasteiger partial charge on any atom is -0.478 e. The molecule has 1 fully saturated rings. The zero-order valence-corrected chi connectivity index (χ0v) is 11.1. The first-order valence-corrected chi connectivity index (χ1v) is 6.38. The van der Waals surface area contributed by atoms with E-state index in [2.05, 4.69) is 4.90 Å². The number of morpholine rings is 1. The van der Waals surface area contributed by atoms with Crippen LogP contribution in [-0.2, 0) is 11.3 Å². The van der Waals surface area contributed by atoms with E-state index in [0.717, 1.165) is 38.4 Å². The van der Waals surface area contributed by atoms with Crippen LogP contribution in [0.4, 0.5) is 0 Å². The molecule has 0 aromatic heterocycles. The third kappa shape index (κ3) is 4.47. The number of carboxylic acids is 1. The zero-order chi connectivity index (χ0) is 13.4. The summed E-state index contributed by atoms with van der Waals surface area (Å²) in [7, 11) is 0. The van der Waals surface area contributed by atoms with Gasteiger partial charge in [-0.05, 0) is 17.7 Å². The molecule has 1 aromatic rings. The van der Waals surface area contributed by atoms with Gasteiger partial charge in [-0.3, -0.25) is 4.90 Å². The summed E-state index contributed by atoms with van der Waals surface area (Å²) in [6.45, 7) is 8.32. The molecule has 2 rings (SSSR count). The third-order valence-corrected chi connectivity index (χ3v) is 2.71. The number of hydrogen-bond donors (Lipinski definition) is 1. The van der Waals surface area contributed by atoms with Gasteiger partial charge in [0.05, 0.1) is 18.8 Å². The van der Waals surface area contributed by atoms with Gasteiger partial charge in [-0.25, -0.2) is 4.79 Å². The van der Waals surface area contributed by atoms with Crippen molar-refractivity contribution in [1.29, 1.82) is 0 Å². The highest BCUT2D eigenvalue weighted by atomic mass is 16.5. The van der Waals surface area contributed by atoms with Crippen LogP contribution in [0.1, 0.15) is 29.8 Å². The van der Waals surface area contributed by atoms with Crippen molar-refractivity contribution in [3.05, 3.63) is 35.4 Å². The van der Waals surface area contributed by atoms with E-state index < -0.39 is 5.97 Å². The van der Waals surface area contributed by atoms with E-state index in [-0.39, 0.29) is 0 Å². The van der Waals surface area contributed by atoms with Crippen molar-refractivity contribution in [3.63, 3.8) is 0 Å². The van der Waals surface area contributed by atoms with Gasteiger partial charge in [-0.2, -0.15) is 0 Å². The highest BCUT2D eigenvalue weighted by molar-refractivity contribution is 5.87. The lowest BCUT2D eigenvalue weighted by Gasteiger charge is -2.26. The lowest BCUT2D eigenvalue weighted by atomic mass is 10.1. The van der Waals surface area contributed by atoms with E-state index in [4.69, 9.17) is 9.84 Å². The fraction of sp³-hybridized carbons (Fsp3) is 0.500. The van der Waals surface area contributed by atoms with E-state index in [1.807, 2.05) is 26.0 Å². The van der Waals surface area contributed by atoms with E-state index >= 15 is 0 Å². The van der Waals surface area contributed by atoms with Crippen LogP contribution in [0.15, 0.2) is 24.3 Å². The molecule has 4 nitrogen and oxygen atoms in total. The van der Waals surface area contributed by atoms with E-state index in [1.54, 1.807) is 12.1 Å². The van der Waals surface area contributed by atoms with E-state index in [0.29, 0.717) is 5.56 Å². The summed E-state index contributed by atoms with van der Waals surface area (Å²) in [5, 5.41) is 8.77. The predicted octanol–water partition coefficient (Wildman–Crippen LogP) is 2.24. The molecule has 1 N–H and O–H groups in total. The molecule has 0 atom stereocenters. The molecular formula is C14H21NO3. The molecular weight excluding hydrogens is 230 g/mol. The quantitative estimate of drug-likeness (QED) is 0.895. The van der Waals surface area contributed by atoms with Gasteiger partial charge in [0.15, 0.2) is 0 Å². The van der Waals surface area contributed by atoms with Crippen LogP contribution in [0.25, 0.3) is 0 Å². The minimum absolute atomic E-state index is 0.339. The Kier molecular flexibility index (Phi) is 6.39. The second-order valence-corrected chi connectivity index (χ2v) is 3.89. The lowest BCUT2D eigenvalue weighted by molar-refractivity contribution is 0.0342. The van der Waals surface area contributed by atoms with Gasteiger partial charge in [0.2, 0.25) is 0 Å². The number of rotatable bonds is 3. The SMILES string of the molecule is CC.O=C(O)c1ccc(CN2CCOCC2)cc1. The van der Waals surface area contributed by atoms with Crippen LogP contribution < -0.4 is 0 Å². The number of hydrogen-bond acceptors (Lipinski definition) is 3. The molecule has 0 saturated carbocycles. The van der Waals surface area contributed by atoms with Gasteiger partial charge >= 0.3 is 5.97 Å². The average Bonchev–Trinajstić information content (AvgIpc) is 2.43. The lowest BCUT2D eigenvalue weighted by Crippen LogP contribution is -2.35. The first kappa shape index (κ1) is 14.7. The Morgan fingerprint density at radius 1 is 1.22 bits per heavy atom. The topological polar surface area (TPSA) is 49.8 Å². The molecule has 0 aliphatic carbocycles. The molecule has 0 unspecified atom stereocenters. The maximum atomic E-state index is 10.7. The fourth-order valence-electron chi connectivity index (χ4n) is 1.77. The Bertz CT molecular complexity index is 356. The molecule has 100 valence electrons. The van der Waals surface area contributed by atoms with Crippen LogP contribution in [0.5, 0.6) is 0 Å². The second-order valence-electron chi connectivity index (χ2n) is 3.89. The number of ether oxygens (including phenoxy) is 1. The highest BCUT2D eigenvalue weighted by Gasteiger charge is 2.10. The third-order valence-electron chi connectivity index (χ3n) is 2.71. The van der Waals surface area contributed by atoms with Crippen molar-refractivity contribution >= 4 is 5.97 Å². The molecule has 1 heterocycles. The molecule has 4 heteroatoms. The van der Waals surface area contributed by atoms with Crippen LogP contribution >= 0.6 is 0 Å². The Morgan fingerprint density at radius 2 is 1.78 bits per heavy atom. The summed E-state index contributed by atoms with van der Waals surface area (Å²) in [5.41, 5.74) is 1.48. The summed E-state index contributed by atoms with van der Waals surface area (Å²) in [6.07, 6.45) is 0. The minimum atomic E-state index is -0.877. The number of benzene rings is 1. The van der Waals surface area contributed by atoms with Gasteiger partial charge in [0.25, 0.3) is 0 Å². The van der Waals surface area contributed by atoms with Crippen LogP contribution in [0.3, 0.4) is 0 Å². The fourth-order valence-corrected chi connectivity index (χ4v) is 1.77. The summed E-state index contributed by atoms with van der Waals surface area (Å²) in [5.74, 6) is -0.877. The van der Waals surface area contributed by atoms with Gasteiger partial charge in [-0.15, -0.1) is 0 Å². The van der Waals surface area contributed by atoms with Crippen molar-refractivity contribution in [2.45, 2.75) is 20.4 Å². The summed E-state index contributed by atoms with van der Waals surface area (Å²) in [6, 6.07) is 7.05. The second kappa shape index (κ2) is 7.84. The molecule has 18 heavy (non-hydrogen) atoms. The Balaban J connectivity index is 0.000000771. The van der Waals surface area contributed by atoms with E-state index in [1.165, 1.54) is 0 Å². The standard InChI is InChI=1S/C12H15NO3.C2H6/c14-12(15)11-3-1-10(2-4-11)9-13-5-7-16-8-6-13;1-2/h1-4H,5-9H2,(H,14,15);1-2H3. The van der Waals surface area contributed by atoms with Crippen molar-refractivity contribution in [1.82, 2.24) is 4.90 Å². The first-order valence-electron chi connectivity index (χ1n) is 6.38. The van der Waals surface area contributed by atoms with Gasteiger partial charge in [-0.1, -0.05) is 26.0 Å². The van der Waals surface area contributed by atoms with Crippen LogP contribution in [-0.4, -0.2) is 42.3 Å². The van der Waals surface area contributed by atoms with Crippen molar-refractivity contribution in [2.24, 2.45) is 0 Å². The Morgan fingerprint density at radius 3 is 2.28 bits per heavy atom. The molecule has 1 saturated heterocycles. The summed E-state index contributed by atoms with van der Waals surface area (Å²) < 4.78 is 5.27. The van der Waals surface area contributed by atoms with Gasteiger partial charge in [0, 0.05) is 19.6 Å². The molecule has 0 spiro atoms. The van der Waals surface area contributed by atoms with Gasteiger partial charge < -0.3 is 9.84 Å². The maximum Gasteiger partial charge on any atom is 0.335 e. The molecule has 0 bridgehead atoms. The molecule has 0 amide bonds. The number of carboxylic acid groups (broad SMARTS) is 1. The predicted molar refractivity (Wildman–Crippen MR) is 70.8 cm³/mol. The Hall–Kier alpha value is -1.39. The van der Waals surface area contributed by atoms with Crippen molar-refractivity contribution in [2.75, 3.05) is 26.3 Å². The monoisotopic (exact) mass is 251 g/mol. The molecule has 1 aromatic carbocycles. The molecule has 1 aliphatic heterocycles. The largest absolute Gasteiger partial charge is 0.478 e. The van der Waals surface area contributed by atoms with Crippen molar-refractivity contribution < 1.29 is 14.6 Å². The summed E-state index contributed by atoms with van der Waals surface area (Å²) in [4.78, 5) is 13.0. The number of nitrogens with zero attached hydrogens (tertiary/aromatic N) is 1. The first-order chi connectivity index (χ1) is 8.75. The molecule has 1 aliphatic rings. The van der Waals surface area contributed by atoms with Gasteiger partial charge in [0.1, 0.15) is 0 Å². The van der Waals surface area contributed by atoms with Crippen molar-refractivity contribution in [3.8, 4) is 0 Å². The number of aromatic carboxylic acids is 1. The normalized spacial score (nSPS) is 15.7. The Labute approximate surface area is 108 Å². The maximum absolute atomic E-state index is 10.7. The number of carbonyl (C=O) groups is 1. The smallest absolute Gasteiger partial charge is 0.335 e. The zero-order valence-electron chi connectivity index (χ0n) is 11.1. The van der Waals surface area contributed by atoms with E-state index in [9.17, 15) is 4.79 Å². The van der Waals surface area contributed by atoms with Crippen LogP contribution in [0.2, 0.25) is 0 Å². The highest BCUT2D eigenvalue weighted by Crippen LogP contribution is 2.09. The average molecular weight is 251 g/mol. The summed E-state index contributed by atoms with van der Waals surface area (Å²) >= 11 is 0. The molecule has 0 radical (unpaired) electrons.